The number of rotatable bonds is 5. The van der Waals surface area contributed by atoms with Crippen LogP contribution in [0.25, 0.3) is 0 Å². The van der Waals surface area contributed by atoms with Gasteiger partial charge in [0.15, 0.2) is 5.76 Å². The molecule has 0 unspecified atom stereocenters. The van der Waals surface area contributed by atoms with E-state index in [1.807, 2.05) is 6.92 Å². The minimum atomic E-state index is -1.03. The summed E-state index contributed by atoms with van der Waals surface area (Å²) in [5, 5.41) is 11.3. The van der Waals surface area contributed by atoms with E-state index in [1.165, 1.54) is 6.26 Å². The van der Waals surface area contributed by atoms with Gasteiger partial charge < -0.3 is 14.8 Å². The first-order valence-corrected chi connectivity index (χ1v) is 5.14. The van der Waals surface area contributed by atoms with Crippen molar-refractivity contribution in [1.82, 2.24) is 5.32 Å². The molecule has 2 N–H and O–H groups in total. The van der Waals surface area contributed by atoms with Gasteiger partial charge in [-0.25, -0.2) is 4.79 Å². The maximum absolute atomic E-state index is 11.6. The molecule has 0 aromatic carbocycles. The van der Waals surface area contributed by atoms with Crippen molar-refractivity contribution in [3.8, 4) is 0 Å². The lowest BCUT2D eigenvalue weighted by Gasteiger charge is -2.12. The number of carbonyl (C=O) groups is 2. The Morgan fingerprint density at radius 3 is 2.69 bits per heavy atom. The van der Waals surface area contributed by atoms with Gasteiger partial charge in [0, 0.05) is 5.56 Å². The Morgan fingerprint density at radius 2 is 2.25 bits per heavy atom. The Morgan fingerprint density at radius 1 is 1.56 bits per heavy atom. The highest BCUT2D eigenvalue weighted by Gasteiger charge is 2.21. The van der Waals surface area contributed by atoms with Gasteiger partial charge in [-0.2, -0.15) is 0 Å². The number of carbonyl (C=O) groups excluding carboxylic acids is 1. The number of nitrogens with one attached hydrogen (secondary N) is 1. The van der Waals surface area contributed by atoms with Crippen LogP contribution in [0.2, 0.25) is 0 Å². The summed E-state index contributed by atoms with van der Waals surface area (Å²) in [6.45, 7) is 3.59. The SMILES string of the molecule is CCC[C@H](NC(=O)c1occc1C)C(=O)O. The van der Waals surface area contributed by atoms with Crippen LogP contribution in [0.4, 0.5) is 0 Å². The maximum Gasteiger partial charge on any atom is 0.326 e. The molecule has 5 nitrogen and oxygen atoms in total. The van der Waals surface area contributed by atoms with E-state index >= 15 is 0 Å². The molecule has 1 heterocycles. The largest absolute Gasteiger partial charge is 0.480 e. The van der Waals surface area contributed by atoms with Crippen molar-refractivity contribution in [2.45, 2.75) is 32.7 Å². The molecule has 16 heavy (non-hydrogen) atoms. The Hall–Kier alpha value is -1.78. The predicted octanol–water partition coefficient (Wildman–Crippen LogP) is 1.57. The second-order valence-corrected chi connectivity index (χ2v) is 3.59. The summed E-state index contributed by atoms with van der Waals surface area (Å²) in [4.78, 5) is 22.5. The van der Waals surface area contributed by atoms with E-state index in [1.54, 1.807) is 13.0 Å². The third-order valence-electron chi connectivity index (χ3n) is 2.25. The predicted molar refractivity (Wildman–Crippen MR) is 57.2 cm³/mol. The molecule has 1 aromatic rings. The van der Waals surface area contributed by atoms with Crippen molar-refractivity contribution < 1.29 is 19.1 Å². The fourth-order valence-corrected chi connectivity index (χ4v) is 1.38. The number of amides is 1. The van der Waals surface area contributed by atoms with Crippen molar-refractivity contribution in [2.75, 3.05) is 0 Å². The van der Waals surface area contributed by atoms with Crippen molar-refractivity contribution in [3.05, 3.63) is 23.7 Å². The van der Waals surface area contributed by atoms with Crippen molar-refractivity contribution in [1.29, 1.82) is 0 Å². The maximum atomic E-state index is 11.6. The van der Waals surface area contributed by atoms with Gasteiger partial charge >= 0.3 is 5.97 Å². The number of carboxylic acids is 1. The van der Waals surface area contributed by atoms with E-state index in [0.717, 1.165) is 0 Å². The zero-order valence-electron chi connectivity index (χ0n) is 9.32. The van der Waals surface area contributed by atoms with Crippen LogP contribution in [-0.4, -0.2) is 23.0 Å². The van der Waals surface area contributed by atoms with E-state index in [2.05, 4.69) is 5.32 Å². The highest BCUT2D eigenvalue weighted by atomic mass is 16.4. The van der Waals surface area contributed by atoms with Crippen LogP contribution < -0.4 is 5.32 Å². The van der Waals surface area contributed by atoms with Crippen LogP contribution in [0.5, 0.6) is 0 Å². The fraction of sp³-hybridized carbons (Fsp3) is 0.455. The lowest BCUT2D eigenvalue weighted by atomic mass is 10.1. The quantitative estimate of drug-likeness (QED) is 0.797. The Balaban J connectivity index is 2.69. The lowest BCUT2D eigenvalue weighted by Crippen LogP contribution is -2.40. The first-order valence-electron chi connectivity index (χ1n) is 5.14. The molecule has 5 heteroatoms. The summed E-state index contributed by atoms with van der Waals surface area (Å²) >= 11 is 0. The van der Waals surface area contributed by atoms with E-state index in [9.17, 15) is 9.59 Å². The minimum Gasteiger partial charge on any atom is -0.480 e. The van der Waals surface area contributed by atoms with Crippen LogP contribution in [0.3, 0.4) is 0 Å². The Bertz CT molecular complexity index is 383. The summed E-state index contributed by atoms with van der Waals surface area (Å²) < 4.78 is 4.98. The molecule has 0 saturated heterocycles. The van der Waals surface area contributed by atoms with Gasteiger partial charge in [0.2, 0.25) is 0 Å². The first kappa shape index (κ1) is 12.3. The van der Waals surface area contributed by atoms with Crippen molar-refractivity contribution in [2.24, 2.45) is 0 Å². The van der Waals surface area contributed by atoms with Gasteiger partial charge in [0.25, 0.3) is 5.91 Å². The monoisotopic (exact) mass is 225 g/mol. The number of carboxylic acid groups (broad SMARTS) is 1. The molecule has 88 valence electrons. The second kappa shape index (κ2) is 5.34. The van der Waals surface area contributed by atoms with Crippen LogP contribution in [0.15, 0.2) is 16.7 Å². The molecule has 0 bridgehead atoms. The summed E-state index contributed by atoms with van der Waals surface area (Å²) in [7, 11) is 0. The molecule has 0 fully saturated rings. The van der Waals surface area contributed by atoms with Gasteiger partial charge in [-0.3, -0.25) is 4.79 Å². The highest BCUT2D eigenvalue weighted by Crippen LogP contribution is 2.09. The van der Waals surface area contributed by atoms with E-state index < -0.39 is 17.9 Å². The average molecular weight is 225 g/mol. The Kier molecular flexibility index (Phi) is 4.10. The summed E-state index contributed by atoms with van der Waals surface area (Å²) in [6, 6.07) is 0.798. The number of aryl methyl sites for hydroxylation is 1. The van der Waals surface area contributed by atoms with E-state index in [-0.39, 0.29) is 5.76 Å². The highest BCUT2D eigenvalue weighted by molar-refractivity contribution is 5.95. The zero-order valence-corrected chi connectivity index (χ0v) is 9.32. The van der Waals surface area contributed by atoms with Gasteiger partial charge in [-0.15, -0.1) is 0 Å². The molecule has 1 amide bonds. The smallest absolute Gasteiger partial charge is 0.326 e. The number of aliphatic carboxylic acids is 1. The molecular weight excluding hydrogens is 210 g/mol. The van der Waals surface area contributed by atoms with Crippen molar-refractivity contribution >= 4 is 11.9 Å². The molecule has 0 radical (unpaired) electrons. The molecule has 0 aliphatic rings. The molecule has 0 aliphatic carbocycles. The normalized spacial score (nSPS) is 12.1. The standard InChI is InChI=1S/C11H15NO4/c1-3-4-8(11(14)15)12-10(13)9-7(2)5-6-16-9/h5-6,8H,3-4H2,1-2H3,(H,12,13)(H,14,15)/t8-/m0/s1. The molecule has 1 aromatic heterocycles. The Labute approximate surface area is 93.4 Å². The molecule has 0 spiro atoms. The number of hydrogen-bond acceptors (Lipinski definition) is 3. The number of hydrogen-bond donors (Lipinski definition) is 2. The minimum absolute atomic E-state index is 0.169. The van der Waals surface area contributed by atoms with Crippen molar-refractivity contribution in [3.63, 3.8) is 0 Å². The third kappa shape index (κ3) is 2.85. The lowest BCUT2D eigenvalue weighted by molar-refractivity contribution is -0.139. The summed E-state index contributed by atoms with van der Waals surface area (Å²) in [5.41, 5.74) is 0.693. The first-order chi connectivity index (χ1) is 7.56. The summed E-state index contributed by atoms with van der Waals surface area (Å²) in [5.74, 6) is -1.34. The number of furan rings is 1. The molecule has 1 atom stereocenters. The topological polar surface area (TPSA) is 79.5 Å². The third-order valence-corrected chi connectivity index (χ3v) is 2.25. The van der Waals surface area contributed by atoms with Crippen LogP contribution in [0.1, 0.15) is 35.9 Å². The molecular formula is C11H15NO4. The van der Waals surface area contributed by atoms with Gasteiger partial charge in [0.05, 0.1) is 6.26 Å². The molecule has 0 saturated carbocycles. The van der Waals surface area contributed by atoms with Gasteiger partial charge in [-0.05, 0) is 19.4 Å². The van der Waals surface area contributed by atoms with Gasteiger partial charge in [-0.1, -0.05) is 13.3 Å². The van der Waals surface area contributed by atoms with E-state index in [4.69, 9.17) is 9.52 Å². The van der Waals surface area contributed by atoms with Crippen LogP contribution >= 0.6 is 0 Å². The summed E-state index contributed by atoms with van der Waals surface area (Å²) in [6.07, 6.45) is 2.50. The zero-order chi connectivity index (χ0) is 12.1. The average Bonchev–Trinajstić information content (AvgIpc) is 2.63. The van der Waals surface area contributed by atoms with Gasteiger partial charge in [0.1, 0.15) is 6.04 Å². The van der Waals surface area contributed by atoms with Crippen LogP contribution in [-0.2, 0) is 4.79 Å². The molecule has 0 aliphatic heterocycles. The fourth-order valence-electron chi connectivity index (χ4n) is 1.38. The molecule has 1 rings (SSSR count). The second-order valence-electron chi connectivity index (χ2n) is 3.59. The van der Waals surface area contributed by atoms with E-state index in [0.29, 0.717) is 18.4 Å². The van der Waals surface area contributed by atoms with Crippen LogP contribution in [0, 0.1) is 6.92 Å².